The number of benzene rings is 2. The fourth-order valence-electron chi connectivity index (χ4n) is 2.85. The number of hydrogen-bond acceptors (Lipinski definition) is 4. The molecule has 1 heterocycles. The van der Waals surface area contributed by atoms with Gasteiger partial charge in [0, 0.05) is 35.0 Å². The molecule has 0 atom stereocenters. The van der Waals surface area contributed by atoms with E-state index in [4.69, 9.17) is 4.74 Å². The Bertz CT molecular complexity index is 810. The van der Waals surface area contributed by atoms with E-state index in [1.807, 2.05) is 48.5 Å². The molecule has 6 heteroatoms. The van der Waals surface area contributed by atoms with Crippen molar-refractivity contribution < 1.29 is 14.3 Å². The number of amides is 1. The Balaban J connectivity index is 1.43. The summed E-state index contributed by atoms with van der Waals surface area (Å²) in [5.41, 5.74) is 2.72. The normalized spacial score (nSPS) is 13.7. The van der Waals surface area contributed by atoms with Crippen LogP contribution in [0.25, 0.3) is 6.08 Å². The molecule has 27 heavy (non-hydrogen) atoms. The van der Waals surface area contributed by atoms with Crippen LogP contribution in [0.4, 0.5) is 11.4 Å². The van der Waals surface area contributed by atoms with Gasteiger partial charge in [-0.1, -0.05) is 28.1 Å². The first-order valence-corrected chi connectivity index (χ1v) is 9.65. The SMILES string of the molecule is O=C(COC(=O)/C=C/c1ccc(Br)cc1)Nc1ccc(N2CCCC2)cc1. The molecule has 1 saturated heterocycles. The molecule has 3 rings (SSSR count). The molecule has 2 aromatic rings. The summed E-state index contributed by atoms with van der Waals surface area (Å²) in [6, 6.07) is 15.2. The van der Waals surface area contributed by atoms with Gasteiger partial charge in [0.15, 0.2) is 6.61 Å². The molecule has 0 spiro atoms. The largest absolute Gasteiger partial charge is 0.452 e. The van der Waals surface area contributed by atoms with E-state index in [-0.39, 0.29) is 12.5 Å². The highest BCUT2D eigenvalue weighted by Gasteiger charge is 2.12. The van der Waals surface area contributed by atoms with Crippen LogP contribution in [0.5, 0.6) is 0 Å². The summed E-state index contributed by atoms with van der Waals surface area (Å²) in [7, 11) is 0. The molecule has 140 valence electrons. The van der Waals surface area contributed by atoms with Crippen molar-refractivity contribution in [3.8, 4) is 0 Å². The molecule has 0 radical (unpaired) electrons. The number of ether oxygens (including phenoxy) is 1. The molecule has 5 nitrogen and oxygen atoms in total. The van der Waals surface area contributed by atoms with Crippen molar-refractivity contribution in [2.24, 2.45) is 0 Å². The van der Waals surface area contributed by atoms with Crippen LogP contribution in [0.1, 0.15) is 18.4 Å². The maximum Gasteiger partial charge on any atom is 0.331 e. The van der Waals surface area contributed by atoms with Crippen LogP contribution in [-0.4, -0.2) is 31.6 Å². The second kappa shape index (κ2) is 9.37. The topological polar surface area (TPSA) is 58.6 Å². The van der Waals surface area contributed by atoms with E-state index in [1.165, 1.54) is 18.9 Å². The first-order valence-electron chi connectivity index (χ1n) is 8.85. The van der Waals surface area contributed by atoms with Crippen LogP contribution < -0.4 is 10.2 Å². The highest BCUT2D eigenvalue weighted by Crippen LogP contribution is 2.22. The minimum atomic E-state index is -0.558. The van der Waals surface area contributed by atoms with Crippen LogP contribution in [0, 0.1) is 0 Å². The summed E-state index contributed by atoms with van der Waals surface area (Å²) in [5.74, 6) is -0.924. The van der Waals surface area contributed by atoms with Crippen LogP contribution in [0.3, 0.4) is 0 Å². The molecule has 1 fully saturated rings. The second-order valence-electron chi connectivity index (χ2n) is 6.28. The molecule has 0 bridgehead atoms. The summed E-state index contributed by atoms with van der Waals surface area (Å²) >= 11 is 3.35. The maximum absolute atomic E-state index is 11.9. The van der Waals surface area contributed by atoms with Gasteiger partial charge < -0.3 is 15.0 Å². The fraction of sp³-hybridized carbons (Fsp3) is 0.238. The standard InChI is InChI=1S/C21H21BrN2O3/c22-17-6-3-16(4-7-17)5-12-21(26)27-15-20(25)23-18-8-10-19(11-9-18)24-13-1-2-14-24/h3-12H,1-2,13-15H2,(H,23,25)/b12-5+. The smallest absolute Gasteiger partial charge is 0.331 e. The van der Waals surface area contributed by atoms with E-state index in [2.05, 4.69) is 26.1 Å². The molecule has 0 aliphatic carbocycles. The lowest BCUT2D eigenvalue weighted by Gasteiger charge is -2.17. The summed E-state index contributed by atoms with van der Waals surface area (Å²) in [6.07, 6.45) is 5.39. The zero-order valence-electron chi connectivity index (χ0n) is 14.9. The molecule has 1 aliphatic rings. The number of anilines is 2. The molecule has 0 aromatic heterocycles. The highest BCUT2D eigenvalue weighted by atomic mass is 79.9. The molecule has 0 saturated carbocycles. The van der Waals surface area contributed by atoms with Crippen molar-refractivity contribution >= 4 is 45.3 Å². The first kappa shape index (κ1) is 19.2. The van der Waals surface area contributed by atoms with Crippen molar-refractivity contribution in [3.05, 3.63) is 64.6 Å². The average Bonchev–Trinajstić information content (AvgIpc) is 3.21. The van der Waals surface area contributed by atoms with E-state index < -0.39 is 5.97 Å². The van der Waals surface area contributed by atoms with Gasteiger partial charge in [0.2, 0.25) is 0 Å². The lowest BCUT2D eigenvalue weighted by molar-refractivity contribution is -0.142. The van der Waals surface area contributed by atoms with Crippen molar-refractivity contribution in [2.45, 2.75) is 12.8 Å². The number of rotatable bonds is 6. The maximum atomic E-state index is 11.9. The monoisotopic (exact) mass is 428 g/mol. The van der Waals surface area contributed by atoms with E-state index in [1.54, 1.807) is 6.08 Å². The van der Waals surface area contributed by atoms with Gasteiger partial charge in [0.05, 0.1) is 0 Å². The number of hydrogen-bond donors (Lipinski definition) is 1. The molecule has 0 unspecified atom stereocenters. The van der Waals surface area contributed by atoms with Crippen LogP contribution in [-0.2, 0) is 14.3 Å². The minimum Gasteiger partial charge on any atom is -0.452 e. The Hall–Kier alpha value is -2.60. The summed E-state index contributed by atoms with van der Waals surface area (Å²) < 4.78 is 5.94. The molecule has 1 aliphatic heterocycles. The Kier molecular flexibility index (Phi) is 6.65. The number of halogens is 1. The van der Waals surface area contributed by atoms with Gasteiger partial charge in [0.25, 0.3) is 5.91 Å². The van der Waals surface area contributed by atoms with Crippen LogP contribution in [0.15, 0.2) is 59.1 Å². The Morgan fingerprint density at radius 2 is 1.70 bits per heavy atom. The minimum absolute atomic E-state index is 0.322. The third-order valence-electron chi connectivity index (χ3n) is 4.25. The van der Waals surface area contributed by atoms with E-state index in [0.29, 0.717) is 5.69 Å². The molecular formula is C21H21BrN2O3. The lowest BCUT2D eigenvalue weighted by Crippen LogP contribution is -2.20. The van der Waals surface area contributed by atoms with Gasteiger partial charge >= 0.3 is 5.97 Å². The number of nitrogens with one attached hydrogen (secondary N) is 1. The van der Waals surface area contributed by atoms with Crippen molar-refractivity contribution in [1.82, 2.24) is 0 Å². The van der Waals surface area contributed by atoms with Crippen LogP contribution >= 0.6 is 15.9 Å². The average molecular weight is 429 g/mol. The Morgan fingerprint density at radius 1 is 1.04 bits per heavy atom. The number of esters is 1. The zero-order valence-corrected chi connectivity index (χ0v) is 16.4. The van der Waals surface area contributed by atoms with Gasteiger partial charge in [-0.05, 0) is 60.9 Å². The summed E-state index contributed by atoms with van der Waals surface area (Å²) in [5, 5.41) is 2.73. The van der Waals surface area contributed by atoms with Gasteiger partial charge in [-0.25, -0.2) is 4.79 Å². The molecule has 2 aromatic carbocycles. The predicted octanol–water partition coefficient (Wildman–Crippen LogP) is 4.24. The lowest BCUT2D eigenvalue weighted by atomic mass is 10.2. The Labute approximate surface area is 167 Å². The number of nitrogens with zero attached hydrogens (tertiary/aromatic N) is 1. The molecular weight excluding hydrogens is 408 g/mol. The predicted molar refractivity (Wildman–Crippen MR) is 111 cm³/mol. The van der Waals surface area contributed by atoms with Crippen molar-refractivity contribution in [3.63, 3.8) is 0 Å². The summed E-state index contributed by atoms with van der Waals surface area (Å²) in [6.45, 7) is 1.84. The number of carbonyl (C=O) groups is 2. The number of carbonyl (C=O) groups excluding carboxylic acids is 2. The fourth-order valence-corrected chi connectivity index (χ4v) is 3.12. The summed E-state index contributed by atoms with van der Waals surface area (Å²) in [4.78, 5) is 26.0. The van der Waals surface area contributed by atoms with Crippen molar-refractivity contribution in [2.75, 3.05) is 29.9 Å². The highest BCUT2D eigenvalue weighted by molar-refractivity contribution is 9.10. The van der Waals surface area contributed by atoms with Gasteiger partial charge in [0.1, 0.15) is 0 Å². The molecule has 1 amide bonds. The van der Waals surface area contributed by atoms with Crippen LogP contribution in [0.2, 0.25) is 0 Å². The third kappa shape index (κ3) is 5.96. The molecule has 1 N–H and O–H groups in total. The zero-order chi connectivity index (χ0) is 19.1. The van der Waals surface area contributed by atoms with E-state index >= 15 is 0 Å². The van der Waals surface area contributed by atoms with E-state index in [0.717, 1.165) is 28.8 Å². The first-order chi connectivity index (χ1) is 13.1. The Morgan fingerprint density at radius 3 is 2.37 bits per heavy atom. The van der Waals surface area contributed by atoms with Gasteiger partial charge in [-0.3, -0.25) is 4.79 Å². The second-order valence-corrected chi connectivity index (χ2v) is 7.20. The van der Waals surface area contributed by atoms with Crippen molar-refractivity contribution in [1.29, 1.82) is 0 Å². The third-order valence-corrected chi connectivity index (χ3v) is 4.78. The van der Waals surface area contributed by atoms with Gasteiger partial charge in [-0.15, -0.1) is 0 Å². The van der Waals surface area contributed by atoms with Gasteiger partial charge in [-0.2, -0.15) is 0 Å². The quantitative estimate of drug-likeness (QED) is 0.551. The van der Waals surface area contributed by atoms with E-state index in [9.17, 15) is 9.59 Å².